The number of rotatable bonds is 11. The third kappa shape index (κ3) is 6.23. The van der Waals surface area contributed by atoms with Crippen molar-refractivity contribution < 1.29 is 29.3 Å². The summed E-state index contributed by atoms with van der Waals surface area (Å²) in [4.78, 5) is 43.9. The van der Waals surface area contributed by atoms with Crippen molar-refractivity contribution in [3.05, 3.63) is 67.8 Å². The number of nitrogens with zero attached hydrogens (tertiary/aromatic N) is 2. The van der Waals surface area contributed by atoms with Crippen molar-refractivity contribution >= 4 is 34.7 Å². The van der Waals surface area contributed by atoms with E-state index in [2.05, 4.69) is 12.2 Å². The van der Waals surface area contributed by atoms with Crippen LogP contribution >= 0.6 is 0 Å². The van der Waals surface area contributed by atoms with Crippen LogP contribution in [0.5, 0.6) is 0 Å². The molecule has 0 fully saturated rings. The Morgan fingerprint density at radius 2 is 1.52 bits per heavy atom. The fourth-order valence-corrected chi connectivity index (χ4v) is 2.76. The van der Waals surface area contributed by atoms with E-state index in [1.165, 1.54) is 24.3 Å². The lowest BCUT2D eigenvalue weighted by Gasteiger charge is -2.11. The van der Waals surface area contributed by atoms with E-state index in [0.717, 1.165) is 25.7 Å². The SMILES string of the molecule is CCCCCCOC(=O)c1ccc(Nc2c([N+](=O)[O-])cc(C(=O)[O-])cc2[N+](=O)[O-])cc1. The molecule has 0 amide bonds. The summed E-state index contributed by atoms with van der Waals surface area (Å²) in [6.45, 7) is 2.37. The molecule has 0 saturated carbocycles. The maximum Gasteiger partial charge on any atom is 0.338 e. The highest BCUT2D eigenvalue weighted by atomic mass is 16.6. The Bertz CT molecular complexity index is 953. The standard InChI is InChI=1S/C20H21N3O8/c1-2-3-4-5-10-31-20(26)13-6-8-15(9-7-13)21-18-16(22(27)28)11-14(19(24)25)12-17(18)23(29)30/h6-9,11-12,21H,2-5,10H2,1H3,(H,24,25)/p-1. The Morgan fingerprint density at radius 3 is 2.00 bits per heavy atom. The summed E-state index contributed by atoms with van der Waals surface area (Å²) < 4.78 is 5.17. The highest BCUT2D eigenvalue weighted by Gasteiger charge is 2.27. The monoisotopic (exact) mass is 430 g/mol. The summed E-state index contributed by atoms with van der Waals surface area (Å²) >= 11 is 0. The first-order valence-electron chi connectivity index (χ1n) is 9.47. The molecule has 0 aliphatic rings. The molecular formula is C20H20N3O8-. The number of anilines is 2. The highest BCUT2D eigenvalue weighted by Crippen LogP contribution is 2.37. The van der Waals surface area contributed by atoms with Crippen molar-refractivity contribution in [2.75, 3.05) is 11.9 Å². The van der Waals surface area contributed by atoms with Crippen molar-refractivity contribution in [1.29, 1.82) is 0 Å². The van der Waals surface area contributed by atoms with Crippen LogP contribution in [-0.4, -0.2) is 28.4 Å². The highest BCUT2D eigenvalue weighted by molar-refractivity contribution is 5.93. The van der Waals surface area contributed by atoms with Gasteiger partial charge < -0.3 is 20.0 Å². The molecule has 164 valence electrons. The topological polar surface area (TPSA) is 165 Å². The maximum atomic E-state index is 12.1. The summed E-state index contributed by atoms with van der Waals surface area (Å²) in [5.41, 5.74) is -2.33. The molecule has 11 heteroatoms. The number of hydrogen-bond acceptors (Lipinski definition) is 9. The number of aromatic carboxylic acids is 1. The van der Waals surface area contributed by atoms with E-state index in [9.17, 15) is 34.9 Å². The fraction of sp³-hybridized carbons (Fsp3) is 0.300. The van der Waals surface area contributed by atoms with Crippen LogP contribution in [0.1, 0.15) is 53.3 Å². The van der Waals surface area contributed by atoms with E-state index in [4.69, 9.17) is 4.74 Å². The number of unbranched alkanes of at least 4 members (excludes halogenated alkanes) is 3. The van der Waals surface area contributed by atoms with E-state index >= 15 is 0 Å². The number of nitro benzene ring substituents is 2. The van der Waals surface area contributed by atoms with E-state index in [-0.39, 0.29) is 11.3 Å². The molecule has 0 bridgehead atoms. The minimum atomic E-state index is -1.78. The normalized spacial score (nSPS) is 10.4. The summed E-state index contributed by atoms with van der Waals surface area (Å²) in [6.07, 6.45) is 3.84. The average Bonchev–Trinajstić information content (AvgIpc) is 2.73. The number of nitrogens with one attached hydrogen (secondary N) is 1. The Hall–Kier alpha value is -4.02. The average molecular weight is 430 g/mol. The predicted molar refractivity (Wildman–Crippen MR) is 108 cm³/mol. The van der Waals surface area contributed by atoms with E-state index in [0.29, 0.717) is 18.7 Å². The second-order valence-electron chi connectivity index (χ2n) is 6.59. The lowest BCUT2D eigenvalue weighted by atomic mass is 10.1. The van der Waals surface area contributed by atoms with Gasteiger partial charge in [-0.25, -0.2) is 4.79 Å². The van der Waals surface area contributed by atoms with Crippen molar-refractivity contribution in [3.8, 4) is 0 Å². The lowest BCUT2D eigenvalue weighted by molar-refractivity contribution is -0.392. The number of ether oxygens (including phenoxy) is 1. The van der Waals surface area contributed by atoms with Crippen LogP contribution < -0.4 is 10.4 Å². The van der Waals surface area contributed by atoms with Crippen LogP contribution in [0.4, 0.5) is 22.7 Å². The van der Waals surface area contributed by atoms with Gasteiger partial charge in [-0.1, -0.05) is 26.2 Å². The van der Waals surface area contributed by atoms with Gasteiger partial charge in [0.25, 0.3) is 11.4 Å². The van der Waals surface area contributed by atoms with Crippen LogP contribution in [0.2, 0.25) is 0 Å². The zero-order valence-electron chi connectivity index (χ0n) is 16.7. The summed E-state index contributed by atoms with van der Waals surface area (Å²) in [7, 11) is 0. The summed E-state index contributed by atoms with van der Waals surface area (Å²) in [6, 6.07) is 6.96. The first-order valence-corrected chi connectivity index (χ1v) is 9.47. The van der Waals surface area contributed by atoms with E-state index in [1.54, 1.807) is 0 Å². The Morgan fingerprint density at radius 1 is 0.935 bits per heavy atom. The summed E-state index contributed by atoms with van der Waals surface area (Å²) in [5.74, 6) is -2.31. The van der Waals surface area contributed by atoms with Gasteiger partial charge in [0.05, 0.1) is 28.0 Å². The van der Waals surface area contributed by atoms with E-state index < -0.39 is 44.4 Å². The smallest absolute Gasteiger partial charge is 0.338 e. The van der Waals surface area contributed by atoms with E-state index in [1.807, 2.05) is 0 Å². The molecule has 2 aromatic carbocycles. The van der Waals surface area contributed by atoms with Gasteiger partial charge in [-0.05, 0) is 30.7 Å². The quantitative estimate of drug-likeness (QED) is 0.243. The van der Waals surface area contributed by atoms with Crippen LogP contribution in [0.25, 0.3) is 0 Å². The largest absolute Gasteiger partial charge is 0.545 e. The maximum absolute atomic E-state index is 12.1. The molecule has 0 spiro atoms. The van der Waals surface area contributed by atoms with Crippen LogP contribution in [-0.2, 0) is 4.74 Å². The van der Waals surface area contributed by atoms with Crippen molar-refractivity contribution in [1.82, 2.24) is 0 Å². The first-order chi connectivity index (χ1) is 14.7. The third-order valence-corrected chi connectivity index (χ3v) is 4.35. The second kappa shape index (κ2) is 10.7. The molecule has 0 heterocycles. The molecular weight excluding hydrogens is 410 g/mol. The van der Waals surface area contributed by atoms with Gasteiger partial charge in [-0.2, -0.15) is 0 Å². The van der Waals surface area contributed by atoms with Crippen LogP contribution in [0, 0.1) is 20.2 Å². The molecule has 0 saturated heterocycles. The second-order valence-corrected chi connectivity index (χ2v) is 6.59. The molecule has 31 heavy (non-hydrogen) atoms. The minimum Gasteiger partial charge on any atom is -0.545 e. The Balaban J connectivity index is 2.22. The van der Waals surface area contributed by atoms with Crippen molar-refractivity contribution in [2.24, 2.45) is 0 Å². The van der Waals surface area contributed by atoms with Gasteiger partial charge in [0.2, 0.25) is 0 Å². The van der Waals surface area contributed by atoms with Gasteiger partial charge in [-0.3, -0.25) is 20.2 Å². The zero-order valence-corrected chi connectivity index (χ0v) is 16.7. The van der Waals surface area contributed by atoms with Crippen LogP contribution in [0.15, 0.2) is 36.4 Å². The number of carbonyl (C=O) groups excluding carboxylic acids is 2. The molecule has 0 unspecified atom stereocenters. The molecule has 0 atom stereocenters. The number of carbonyl (C=O) groups is 2. The molecule has 2 aromatic rings. The number of benzene rings is 2. The lowest BCUT2D eigenvalue weighted by Crippen LogP contribution is -2.22. The number of esters is 1. The molecule has 11 nitrogen and oxygen atoms in total. The summed E-state index contributed by atoms with van der Waals surface area (Å²) in [5, 5.41) is 36.3. The Labute approximate surface area is 176 Å². The Kier molecular flexibility index (Phi) is 8.01. The minimum absolute atomic E-state index is 0.215. The third-order valence-electron chi connectivity index (χ3n) is 4.35. The fourth-order valence-electron chi connectivity index (χ4n) is 2.76. The van der Waals surface area contributed by atoms with Gasteiger partial charge in [-0.15, -0.1) is 0 Å². The predicted octanol–water partition coefficient (Wildman–Crippen LogP) is 3.35. The van der Waals surface area contributed by atoms with Gasteiger partial charge in [0.1, 0.15) is 0 Å². The molecule has 1 N–H and O–H groups in total. The molecule has 2 rings (SSSR count). The molecule has 0 aliphatic heterocycles. The van der Waals surface area contributed by atoms with Crippen molar-refractivity contribution in [2.45, 2.75) is 32.6 Å². The number of nitro groups is 2. The zero-order chi connectivity index (χ0) is 23.0. The van der Waals surface area contributed by atoms with Gasteiger partial charge in [0, 0.05) is 23.4 Å². The van der Waals surface area contributed by atoms with Gasteiger partial charge >= 0.3 is 5.97 Å². The van der Waals surface area contributed by atoms with Gasteiger partial charge in [0.15, 0.2) is 5.69 Å². The number of carboxylic acids is 1. The van der Waals surface area contributed by atoms with Crippen molar-refractivity contribution in [3.63, 3.8) is 0 Å². The molecule has 0 aliphatic carbocycles. The van der Waals surface area contributed by atoms with Crippen LogP contribution in [0.3, 0.4) is 0 Å². The number of carboxylic acid groups (broad SMARTS) is 1. The molecule has 0 aromatic heterocycles. The number of hydrogen-bond donors (Lipinski definition) is 1. The molecule has 0 radical (unpaired) electrons. The first kappa shape index (κ1) is 23.3.